The van der Waals surface area contributed by atoms with Crippen LogP contribution in [0.4, 0.5) is 11.5 Å². The summed E-state index contributed by atoms with van der Waals surface area (Å²) in [4.78, 5) is 23.9. The molecule has 7 nitrogen and oxygen atoms in total. The molecule has 9 heteroatoms. The monoisotopic (exact) mass is 446 g/mol. The van der Waals surface area contributed by atoms with Gasteiger partial charge in [0.25, 0.3) is 5.91 Å². The second-order valence-corrected chi connectivity index (χ2v) is 7.31. The Morgan fingerprint density at radius 3 is 2.78 bits per heavy atom. The van der Waals surface area contributed by atoms with E-state index in [9.17, 15) is 14.9 Å². The van der Waals surface area contributed by atoms with Gasteiger partial charge in [0.05, 0.1) is 23.5 Å². The summed E-state index contributed by atoms with van der Waals surface area (Å²) >= 11 is 4.69. The van der Waals surface area contributed by atoms with Crippen molar-refractivity contribution in [3.63, 3.8) is 0 Å². The van der Waals surface area contributed by atoms with Gasteiger partial charge < -0.3 is 15.4 Å². The number of aromatic nitrogens is 2. The number of hydrogen-bond donors (Lipinski definition) is 1. The molecule has 138 valence electrons. The van der Waals surface area contributed by atoms with E-state index in [-0.39, 0.29) is 11.7 Å². The van der Waals surface area contributed by atoms with Gasteiger partial charge in [-0.15, -0.1) is 11.8 Å². The van der Waals surface area contributed by atoms with E-state index in [1.807, 2.05) is 36.6 Å². The Balaban J connectivity index is 1.78. The number of carbonyl (C=O) groups is 1. The minimum Gasteiger partial charge on any atom is -0.358 e. The molecule has 1 heterocycles. The molecule has 0 saturated heterocycles. The van der Waals surface area contributed by atoms with Crippen LogP contribution in [0.25, 0.3) is 0 Å². The van der Waals surface area contributed by atoms with Crippen molar-refractivity contribution in [2.45, 2.75) is 11.4 Å². The summed E-state index contributed by atoms with van der Waals surface area (Å²) in [6.45, 7) is 0.314. The Morgan fingerprint density at radius 2 is 2.07 bits per heavy atom. The van der Waals surface area contributed by atoms with Crippen molar-refractivity contribution in [2.24, 2.45) is 0 Å². The molecule has 0 aliphatic carbocycles. The zero-order valence-corrected chi connectivity index (χ0v) is 16.7. The molecule has 0 saturated carbocycles. The van der Waals surface area contributed by atoms with Crippen molar-refractivity contribution in [1.29, 1.82) is 0 Å². The Morgan fingerprint density at radius 1 is 1.30 bits per heavy atom. The van der Waals surface area contributed by atoms with Crippen LogP contribution in [-0.2, 0) is 6.54 Å². The molecule has 0 unspecified atom stereocenters. The number of para-hydroxylation sites is 1. The number of nitro groups is 1. The summed E-state index contributed by atoms with van der Waals surface area (Å²) in [6.07, 6.45) is 3.49. The molecular formula is C18H15BrN4O3S. The molecule has 2 aromatic carbocycles. The average molecular weight is 447 g/mol. The highest BCUT2D eigenvalue weighted by atomic mass is 79.9. The van der Waals surface area contributed by atoms with Crippen molar-refractivity contribution in [2.75, 3.05) is 11.6 Å². The predicted molar refractivity (Wildman–Crippen MR) is 108 cm³/mol. The number of nitrogens with zero attached hydrogens (tertiary/aromatic N) is 3. The molecule has 3 aromatic rings. The van der Waals surface area contributed by atoms with Crippen molar-refractivity contribution >= 4 is 45.1 Å². The lowest BCUT2D eigenvalue weighted by molar-refractivity contribution is -0.390. The molecule has 1 N–H and O–H groups in total. The fraction of sp³-hybridized carbons (Fsp3) is 0.111. The molecule has 27 heavy (non-hydrogen) atoms. The molecule has 0 fully saturated rings. The molecule has 0 bridgehead atoms. The van der Waals surface area contributed by atoms with E-state index in [0.29, 0.717) is 16.6 Å². The van der Waals surface area contributed by atoms with Crippen LogP contribution in [0.15, 0.2) is 64.1 Å². The van der Waals surface area contributed by atoms with Crippen LogP contribution >= 0.6 is 27.7 Å². The van der Waals surface area contributed by atoms with Crippen molar-refractivity contribution < 1.29 is 9.72 Å². The van der Waals surface area contributed by atoms with Gasteiger partial charge in [-0.05, 0) is 56.9 Å². The van der Waals surface area contributed by atoms with Crippen LogP contribution in [0.3, 0.4) is 0 Å². The lowest BCUT2D eigenvalue weighted by atomic mass is 10.1. The fourth-order valence-corrected chi connectivity index (χ4v) is 3.55. The second-order valence-electron chi connectivity index (χ2n) is 5.61. The Bertz CT molecular complexity index is 1010. The zero-order chi connectivity index (χ0) is 19.4. The standard InChI is InChI=1S/C18H15BrN4O3S/c1-27-16-8-3-2-7-15(16)20-18(24)13-6-4-5-12(9-13)10-22-11-14(19)17(21-22)23(25)26/h2-9,11H,10H2,1H3,(H,20,24). The molecule has 0 aliphatic rings. The molecule has 0 atom stereocenters. The summed E-state index contributed by atoms with van der Waals surface area (Å²) in [7, 11) is 0. The number of carbonyl (C=O) groups excluding carboxylic acids is 1. The molecule has 1 amide bonds. The first-order chi connectivity index (χ1) is 13.0. The largest absolute Gasteiger partial charge is 0.404 e. The van der Waals surface area contributed by atoms with E-state index in [1.54, 1.807) is 36.2 Å². The van der Waals surface area contributed by atoms with E-state index < -0.39 is 4.92 Å². The lowest BCUT2D eigenvalue weighted by Gasteiger charge is -2.10. The maximum atomic E-state index is 12.6. The molecular weight excluding hydrogens is 432 g/mol. The first-order valence-electron chi connectivity index (χ1n) is 7.88. The molecule has 1 aromatic heterocycles. The third-order valence-corrected chi connectivity index (χ3v) is 5.12. The van der Waals surface area contributed by atoms with Gasteiger partial charge in [0, 0.05) is 10.5 Å². The van der Waals surface area contributed by atoms with Crippen molar-refractivity contribution in [3.05, 3.63) is 80.4 Å². The summed E-state index contributed by atoms with van der Waals surface area (Å²) < 4.78 is 1.78. The number of hydrogen-bond acceptors (Lipinski definition) is 5. The van der Waals surface area contributed by atoms with Crippen LogP contribution in [0, 0.1) is 10.1 Å². The number of amides is 1. The number of rotatable bonds is 6. The highest BCUT2D eigenvalue weighted by Gasteiger charge is 2.19. The van der Waals surface area contributed by atoms with Crippen molar-refractivity contribution in [3.8, 4) is 0 Å². The number of benzene rings is 2. The Labute approximate surface area is 168 Å². The van der Waals surface area contributed by atoms with E-state index in [2.05, 4.69) is 26.3 Å². The van der Waals surface area contributed by atoms with Gasteiger partial charge in [-0.1, -0.05) is 24.3 Å². The van der Waals surface area contributed by atoms with E-state index in [0.717, 1.165) is 16.1 Å². The molecule has 0 radical (unpaired) electrons. The number of nitrogens with one attached hydrogen (secondary N) is 1. The average Bonchev–Trinajstić information content (AvgIpc) is 3.02. The molecule has 0 spiro atoms. The van der Waals surface area contributed by atoms with Gasteiger partial charge in [0.1, 0.15) is 4.47 Å². The van der Waals surface area contributed by atoms with E-state index in [1.165, 1.54) is 4.68 Å². The van der Waals surface area contributed by atoms with E-state index in [4.69, 9.17) is 0 Å². The maximum Gasteiger partial charge on any atom is 0.404 e. The highest BCUT2D eigenvalue weighted by Crippen LogP contribution is 2.25. The van der Waals surface area contributed by atoms with Crippen LogP contribution in [0.2, 0.25) is 0 Å². The molecule has 3 rings (SSSR count). The topological polar surface area (TPSA) is 90.1 Å². The Hall–Kier alpha value is -2.65. The van der Waals surface area contributed by atoms with Gasteiger partial charge in [0.15, 0.2) is 0 Å². The van der Waals surface area contributed by atoms with Crippen LogP contribution in [0.5, 0.6) is 0 Å². The van der Waals surface area contributed by atoms with Gasteiger partial charge in [-0.25, -0.2) is 0 Å². The predicted octanol–water partition coefficient (Wildman–Crippen LogP) is 4.58. The second kappa shape index (κ2) is 8.36. The number of anilines is 1. The summed E-state index contributed by atoms with van der Waals surface area (Å²) in [5.74, 6) is -0.455. The lowest BCUT2D eigenvalue weighted by Crippen LogP contribution is -2.13. The molecule has 0 aliphatic heterocycles. The summed E-state index contributed by atoms with van der Waals surface area (Å²) in [5, 5.41) is 17.8. The third-order valence-electron chi connectivity index (χ3n) is 3.76. The number of halogens is 1. The first kappa shape index (κ1) is 19.1. The van der Waals surface area contributed by atoms with Crippen molar-refractivity contribution in [1.82, 2.24) is 9.78 Å². The third kappa shape index (κ3) is 4.55. The quantitative estimate of drug-likeness (QED) is 0.340. The Kier molecular flexibility index (Phi) is 5.92. The van der Waals surface area contributed by atoms with Gasteiger partial charge in [-0.2, -0.15) is 4.68 Å². The van der Waals surface area contributed by atoms with E-state index >= 15 is 0 Å². The highest BCUT2D eigenvalue weighted by molar-refractivity contribution is 9.10. The van der Waals surface area contributed by atoms with Gasteiger partial charge in [0.2, 0.25) is 0 Å². The minimum atomic E-state index is -0.548. The fourth-order valence-electron chi connectivity index (χ4n) is 2.53. The maximum absolute atomic E-state index is 12.6. The smallest absolute Gasteiger partial charge is 0.358 e. The van der Waals surface area contributed by atoms with Crippen LogP contribution in [0.1, 0.15) is 15.9 Å². The first-order valence-corrected chi connectivity index (χ1v) is 9.90. The zero-order valence-electron chi connectivity index (χ0n) is 14.3. The number of thioether (sulfide) groups is 1. The summed E-state index contributed by atoms with van der Waals surface area (Å²) in [6, 6.07) is 14.7. The van der Waals surface area contributed by atoms with Crippen LogP contribution < -0.4 is 5.32 Å². The van der Waals surface area contributed by atoms with Gasteiger partial charge in [-0.3, -0.25) is 4.79 Å². The normalized spacial score (nSPS) is 10.6. The van der Waals surface area contributed by atoms with Gasteiger partial charge >= 0.3 is 5.82 Å². The summed E-state index contributed by atoms with van der Waals surface area (Å²) in [5.41, 5.74) is 2.07. The van der Waals surface area contributed by atoms with Crippen LogP contribution in [-0.4, -0.2) is 26.9 Å². The SMILES string of the molecule is CSc1ccccc1NC(=O)c1cccc(Cn2cc(Br)c([N+](=O)[O-])n2)c1. The minimum absolute atomic E-state index is 0.217.